The summed E-state index contributed by atoms with van der Waals surface area (Å²) < 4.78 is 39.5. The summed E-state index contributed by atoms with van der Waals surface area (Å²) in [6.07, 6.45) is 1.41. The van der Waals surface area contributed by atoms with Crippen molar-refractivity contribution in [3.05, 3.63) is 24.0 Å². The van der Waals surface area contributed by atoms with Crippen LogP contribution in [0.15, 0.2) is 23.1 Å². The molecule has 0 bridgehead atoms. The third-order valence-corrected chi connectivity index (χ3v) is 5.57. The Bertz CT molecular complexity index is 640. The predicted molar refractivity (Wildman–Crippen MR) is 76.1 cm³/mol. The zero-order valence-corrected chi connectivity index (χ0v) is 12.3. The molecular weight excluding hydrogens is 297 g/mol. The van der Waals surface area contributed by atoms with Crippen molar-refractivity contribution in [2.24, 2.45) is 11.7 Å². The number of sulfonamides is 1. The summed E-state index contributed by atoms with van der Waals surface area (Å²) in [6, 6.07) is 3.46. The number of rotatable bonds is 4. The molecule has 8 heteroatoms. The molecular formula is C13H18FN3O3S. The molecule has 1 aromatic carbocycles. The first-order valence-electron chi connectivity index (χ1n) is 6.64. The Balaban J connectivity index is 2.11. The van der Waals surface area contributed by atoms with E-state index in [9.17, 15) is 17.6 Å². The van der Waals surface area contributed by atoms with Crippen molar-refractivity contribution in [2.45, 2.75) is 24.2 Å². The normalized spacial score (nSPS) is 17.8. The van der Waals surface area contributed by atoms with E-state index < -0.39 is 15.8 Å². The van der Waals surface area contributed by atoms with E-state index in [2.05, 4.69) is 0 Å². The number of primary amides is 1. The van der Waals surface area contributed by atoms with E-state index in [0.717, 1.165) is 6.07 Å². The van der Waals surface area contributed by atoms with Crippen LogP contribution < -0.4 is 11.5 Å². The number of nitrogens with two attached hydrogens (primary N) is 2. The van der Waals surface area contributed by atoms with Crippen LogP contribution in [0.4, 0.5) is 10.1 Å². The quantitative estimate of drug-likeness (QED) is 0.797. The van der Waals surface area contributed by atoms with Gasteiger partial charge in [-0.1, -0.05) is 0 Å². The van der Waals surface area contributed by atoms with Crippen LogP contribution in [0, 0.1) is 11.7 Å². The molecule has 1 amide bonds. The third kappa shape index (κ3) is 3.51. The lowest BCUT2D eigenvalue weighted by Gasteiger charge is -2.30. The van der Waals surface area contributed by atoms with Gasteiger partial charge in [-0.3, -0.25) is 4.79 Å². The van der Waals surface area contributed by atoms with E-state index in [-0.39, 0.29) is 28.8 Å². The standard InChI is InChI=1S/C13H18FN3O3S/c14-11-8-10(1-2-12(11)15)21(19,20)17-5-3-9(4-6-17)7-13(16)18/h1-2,8-9H,3-7,15H2,(H2,16,18). The molecule has 1 saturated heterocycles. The smallest absolute Gasteiger partial charge is 0.243 e. The van der Waals surface area contributed by atoms with Gasteiger partial charge in [-0.15, -0.1) is 0 Å². The number of hydrogen-bond donors (Lipinski definition) is 2. The Labute approximate surface area is 123 Å². The number of halogens is 1. The molecule has 4 N–H and O–H groups in total. The maximum atomic E-state index is 13.4. The number of piperidine rings is 1. The first-order chi connectivity index (χ1) is 9.80. The molecule has 0 spiro atoms. The van der Waals surface area contributed by atoms with Crippen LogP contribution in [0.1, 0.15) is 19.3 Å². The Morgan fingerprint density at radius 1 is 1.33 bits per heavy atom. The average Bonchev–Trinajstić information content (AvgIpc) is 2.41. The van der Waals surface area contributed by atoms with Crippen molar-refractivity contribution in [3.8, 4) is 0 Å². The fourth-order valence-corrected chi connectivity index (χ4v) is 3.94. The summed E-state index contributed by atoms with van der Waals surface area (Å²) in [5.41, 5.74) is 10.4. The number of anilines is 1. The van der Waals surface area contributed by atoms with Crippen molar-refractivity contribution in [2.75, 3.05) is 18.8 Å². The molecule has 21 heavy (non-hydrogen) atoms. The molecule has 2 rings (SSSR count). The van der Waals surface area contributed by atoms with E-state index in [1.54, 1.807) is 0 Å². The summed E-state index contributed by atoms with van der Waals surface area (Å²) in [5.74, 6) is -1.02. The Kier molecular flexibility index (Phi) is 4.48. The van der Waals surface area contributed by atoms with Gasteiger partial charge in [0.2, 0.25) is 15.9 Å². The monoisotopic (exact) mass is 315 g/mol. The maximum Gasteiger partial charge on any atom is 0.243 e. The van der Waals surface area contributed by atoms with Gasteiger partial charge in [-0.25, -0.2) is 12.8 Å². The lowest BCUT2D eigenvalue weighted by Crippen LogP contribution is -2.39. The first kappa shape index (κ1) is 15.7. The van der Waals surface area contributed by atoms with Crippen LogP contribution in [-0.4, -0.2) is 31.7 Å². The van der Waals surface area contributed by atoms with E-state index in [1.165, 1.54) is 16.4 Å². The van der Waals surface area contributed by atoms with E-state index in [4.69, 9.17) is 11.5 Å². The molecule has 0 atom stereocenters. The summed E-state index contributed by atoms with van der Waals surface area (Å²) >= 11 is 0. The fourth-order valence-electron chi connectivity index (χ4n) is 2.46. The van der Waals surface area contributed by atoms with Gasteiger partial charge in [-0.05, 0) is 37.0 Å². The third-order valence-electron chi connectivity index (χ3n) is 3.67. The second-order valence-electron chi connectivity index (χ2n) is 5.20. The molecule has 6 nitrogen and oxygen atoms in total. The summed E-state index contributed by atoms with van der Waals surface area (Å²) in [6.45, 7) is 0.596. The highest BCUT2D eigenvalue weighted by Gasteiger charge is 2.30. The van der Waals surface area contributed by atoms with E-state index in [0.29, 0.717) is 25.9 Å². The number of amides is 1. The lowest BCUT2D eigenvalue weighted by atomic mass is 9.94. The van der Waals surface area contributed by atoms with Gasteiger partial charge in [0.05, 0.1) is 10.6 Å². The molecule has 116 valence electrons. The number of carbonyl (C=O) groups is 1. The largest absolute Gasteiger partial charge is 0.396 e. The number of hydrogen-bond acceptors (Lipinski definition) is 4. The van der Waals surface area contributed by atoms with Gasteiger partial charge in [0.25, 0.3) is 0 Å². The van der Waals surface area contributed by atoms with E-state index >= 15 is 0 Å². The molecule has 1 aliphatic heterocycles. The van der Waals surface area contributed by atoms with Gasteiger partial charge in [0.1, 0.15) is 5.82 Å². The maximum absolute atomic E-state index is 13.4. The van der Waals surface area contributed by atoms with Crippen molar-refractivity contribution < 1.29 is 17.6 Å². The van der Waals surface area contributed by atoms with Crippen LogP contribution in [0.5, 0.6) is 0 Å². The van der Waals surface area contributed by atoms with Crippen LogP contribution in [0.2, 0.25) is 0 Å². The molecule has 1 fully saturated rings. The fraction of sp³-hybridized carbons (Fsp3) is 0.462. The molecule has 1 aromatic rings. The summed E-state index contributed by atoms with van der Waals surface area (Å²) in [7, 11) is -3.73. The molecule has 1 heterocycles. The molecule has 0 aliphatic carbocycles. The Morgan fingerprint density at radius 2 is 1.95 bits per heavy atom. The molecule has 0 aromatic heterocycles. The zero-order chi connectivity index (χ0) is 15.6. The summed E-state index contributed by atoms with van der Waals surface area (Å²) in [4.78, 5) is 10.8. The molecule has 0 radical (unpaired) electrons. The highest BCUT2D eigenvalue weighted by Crippen LogP contribution is 2.26. The molecule has 1 aliphatic rings. The number of benzene rings is 1. The predicted octanol–water partition coefficient (Wildman–Crippen LogP) is 0.684. The van der Waals surface area contributed by atoms with Crippen LogP contribution in [0.3, 0.4) is 0 Å². The highest BCUT2D eigenvalue weighted by molar-refractivity contribution is 7.89. The Hall–Kier alpha value is -1.67. The molecule has 0 unspecified atom stereocenters. The summed E-state index contributed by atoms with van der Waals surface area (Å²) in [5, 5.41) is 0. The van der Waals surface area contributed by atoms with E-state index in [1.807, 2.05) is 0 Å². The SMILES string of the molecule is NC(=O)CC1CCN(S(=O)(=O)c2ccc(N)c(F)c2)CC1. The number of carbonyl (C=O) groups excluding carboxylic acids is 1. The van der Waals surface area contributed by atoms with Crippen molar-refractivity contribution >= 4 is 21.6 Å². The topological polar surface area (TPSA) is 106 Å². The van der Waals surface area contributed by atoms with Gasteiger partial charge in [-0.2, -0.15) is 4.31 Å². The minimum absolute atomic E-state index is 0.0888. The highest BCUT2D eigenvalue weighted by atomic mass is 32.2. The Morgan fingerprint density at radius 3 is 2.48 bits per heavy atom. The van der Waals surface area contributed by atoms with Gasteiger partial charge >= 0.3 is 0 Å². The van der Waals surface area contributed by atoms with Crippen LogP contribution in [0.25, 0.3) is 0 Å². The molecule has 0 saturated carbocycles. The van der Waals surface area contributed by atoms with Gasteiger partial charge in [0, 0.05) is 19.5 Å². The minimum atomic E-state index is -3.73. The van der Waals surface area contributed by atoms with Crippen molar-refractivity contribution in [3.63, 3.8) is 0 Å². The first-order valence-corrected chi connectivity index (χ1v) is 8.08. The van der Waals surface area contributed by atoms with Crippen molar-refractivity contribution in [1.29, 1.82) is 0 Å². The second kappa shape index (κ2) is 5.98. The zero-order valence-electron chi connectivity index (χ0n) is 11.5. The van der Waals surface area contributed by atoms with Gasteiger partial charge in [0.15, 0.2) is 0 Å². The number of nitrogen functional groups attached to an aromatic ring is 1. The van der Waals surface area contributed by atoms with Crippen molar-refractivity contribution in [1.82, 2.24) is 4.31 Å². The second-order valence-corrected chi connectivity index (χ2v) is 7.14. The van der Waals surface area contributed by atoms with Crippen LogP contribution >= 0.6 is 0 Å². The minimum Gasteiger partial charge on any atom is -0.396 e. The van der Waals surface area contributed by atoms with Crippen LogP contribution in [-0.2, 0) is 14.8 Å². The number of nitrogens with zero attached hydrogens (tertiary/aromatic N) is 1. The van der Waals surface area contributed by atoms with Gasteiger partial charge < -0.3 is 11.5 Å². The average molecular weight is 315 g/mol. The lowest BCUT2D eigenvalue weighted by molar-refractivity contribution is -0.119.